The minimum absolute atomic E-state index is 0.238. The van der Waals surface area contributed by atoms with Crippen LogP contribution in [-0.2, 0) is 10.8 Å². The second kappa shape index (κ2) is 7.04. The summed E-state index contributed by atoms with van der Waals surface area (Å²) >= 11 is 0. The van der Waals surface area contributed by atoms with Crippen molar-refractivity contribution < 1.29 is 4.21 Å². The second-order valence-electron chi connectivity index (χ2n) is 5.66. The Hall–Kier alpha value is -0.890. The molecule has 0 aliphatic heterocycles. The van der Waals surface area contributed by atoms with Gasteiger partial charge in [-0.2, -0.15) is 0 Å². The van der Waals surface area contributed by atoms with Gasteiger partial charge in [0.25, 0.3) is 0 Å². The summed E-state index contributed by atoms with van der Waals surface area (Å²) in [5.41, 5.74) is 1.27. The highest BCUT2D eigenvalue weighted by atomic mass is 32.2. The van der Waals surface area contributed by atoms with E-state index in [-0.39, 0.29) is 4.75 Å². The molecule has 0 N–H and O–H groups in total. The lowest BCUT2D eigenvalue weighted by atomic mass is 9.96. The minimum atomic E-state index is -0.871. The van der Waals surface area contributed by atoms with Gasteiger partial charge in [-0.05, 0) is 31.2 Å². The summed E-state index contributed by atoms with van der Waals surface area (Å²) in [4.78, 5) is 0. The first-order valence-corrected chi connectivity index (χ1v) is 8.31. The summed E-state index contributed by atoms with van der Waals surface area (Å²) in [5, 5.41) is 0. The number of benzene rings is 1. The molecule has 0 aliphatic carbocycles. The van der Waals surface area contributed by atoms with Crippen LogP contribution < -0.4 is 0 Å². The standard InChI is InChI=1S/C17H26OS/c1-6-12-17(5,14(2)3)19(18)13-15(4)16-10-8-7-9-11-16/h6-12,14-15H,13H2,1-5H3. The molecular formula is C17H26OS. The van der Waals surface area contributed by atoms with Gasteiger partial charge in [-0.3, -0.25) is 4.21 Å². The molecule has 0 spiro atoms. The van der Waals surface area contributed by atoms with E-state index in [9.17, 15) is 4.21 Å². The summed E-state index contributed by atoms with van der Waals surface area (Å²) in [6, 6.07) is 10.3. The topological polar surface area (TPSA) is 17.1 Å². The lowest BCUT2D eigenvalue weighted by molar-refractivity contribution is 0.522. The SMILES string of the molecule is CC=CC(C)(C(C)C)S(=O)CC(C)c1ccccc1. The summed E-state index contributed by atoms with van der Waals surface area (Å²) in [6.07, 6.45) is 4.12. The third-order valence-electron chi connectivity index (χ3n) is 3.90. The maximum Gasteiger partial charge on any atom is 0.0633 e. The van der Waals surface area contributed by atoms with Crippen molar-refractivity contribution >= 4 is 10.8 Å². The van der Waals surface area contributed by atoms with Crippen LogP contribution in [0.1, 0.15) is 46.1 Å². The fourth-order valence-corrected chi connectivity index (χ4v) is 3.97. The fourth-order valence-electron chi connectivity index (χ4n) is 2.15. The average molecular weight is 278 g/mol. The molecule has 2 heteroatoms. The van der Waals surface area contributed by atoms with Gasteiger partial charge in [-0.25, -0.2) is 0 Å². The van der Waals surface area contributed by atoms with E-state index in [2.05, 4.69) is 45.9 Å². The Morgan fingerprint density at radius 1 is 1.21 bits per heavy atom. The van der Waals surface area contributed by atoms with Crippen molar-refractivity contribution in [3.8, 4) is 0 Å². The Morgan fingerprint density at radius 2 is 1.79 bits per heavy atom. The number of rotatable bonds is 6. The van der Waals surface area contributed by atoms with Crippen molar-refractivity contribution in [2.45, 2.75) is 45.3 Å². The quantitative estimate of drug-likeness (QED) is 0.699. The van der Waals surface area contributed by atoms with Crippen molar-refractivity contribution in [2.75, 3.05) is 5.75 Å². The third kappa shape index (κ3) is 4.04. The van der Waals surface area contributed by atoms with E-state index in [1.165, 1.54) is 5.56 Å². The van der Waals surface area contributed by atoms with Gasteiger partial charge in [0.1, 0.15) is 0 Å². The molecule has 0 aromatic heterocycles. The van der Waals surface area contributed by atoms with Gasteiger partial charge in [0.15, 0.2) is 0 Å². The number of allylic oxidation sites excluding steroid dienone is 1. The molecule has 3 atom stereocenters. The first-order chi connectivity index (χ1) is 8.91. The van der Waals surface area contributed by atoms with Crippen molar-refractivity contribution in [3.05, 3.63) is 48.0 Å². The molecule has 0 aliphatic rings. The average Bonchev–Trinajstić information content (AvgIpc) is 2.39. The molecule has 0 saturated heterocycles. The van der Waals surface area contributed by atoms with Crippen LogP contribution in [-0.4, -0.2) is 14.7 Å². The lowest BCUT2D eigenvalue weighted by Gasteiger charge is -2.31. The van der Waals surface area contributed by atoms with Crippen LogP contribution in [0.3, 0.4) is 0 Å². The predicted octanol–water partition coefficient (Wildman–Crippen LogP) is 4.53. The Balaban J connectivity index is 2.84. The first kappa shape index (κ1) is 16.2. The highest BCUT2D eigenvalue weighted by Gasteiger charge is 2.32. The predicted molar refractivity (Wildman–Crippen MR) is 85.9 cm³/mol. The van der Waals surface area contributed by atoms with Crippen molar-refractivity contribution in [3.63, 3.8) is 0 Å². The van der Waals surface area contributed by atoms with Crippen LogP contribution in [0.2, 0.25) is 0 Å². The van der Waals surface area contributed by atoms with Crippen LogP contribution in [0.15, 0.2) is 42.5 Å². The molecule has 1 aromatic carbocycles. The molecule has 1 rings (SSSR count). The highest BCUT2D eigenvalue weighted by molar-refractivity contribution is 7.86. The van der Waals surface area contributed by atoms with Gasteiger partial charge in [0.05, 0.1) is 4.75 Å². The van der Waals surface area contributed by atoms with E-state index in [1.807, 2.05) is 31.2 Å². The van der Waals surface area contributed by atoms with E-state index in [0.717, 1.165) is 0 Å². The van der Waals surface area contributed by atoms with Crippen molar-refractivity contribution in [2.24, 2.45) is 5.92 Å². The minimum Gasteiger partial charge on any atom is -0.259 e. The molecule has 0 amide bonds. The Bertz CT molecular complexity index is 436. The third-order valence-corrected chi connectivity index (χ3v) is 6.30. The van der Waals surface area contributed by atoms with Gasteiger partial charge in [0.2, 0.25) is 0 Å². The molecule has 0 radical (unpaired) electrons. The Kier molecular flexibility index (Phi) is 5.99. The lowest BCUT2D eigenvalue weighted by Crippen LogP contribution is -2.36. The molecule has 1 aromatic rings. The Morgan fingerprint density at radius 3 is 2.26 bits per heavy atom. The molecule has 106 valence electrons. The normalized spacial score (nSPS) is 18.4. The van der Waals surface area contributed by atoms with Crippen LogP contribution >= 0.6 is 0 Å². The van der Waals surface area contributed by atoms with E-state index in [1.54, 1.807) is 0 Å². The molecular weight excluding hydrogens is 252 g/mol. The molecule has 19 heavy (non-hydrogen) atoms. The van der Waals surface area contributed by atoms with Gasteiger partial charge >= 0.3 is 0 Å². The van der Waals surface area contributed by atoms with E-state index in [0.29, 0.717) is 17.6 Å². The molecule has 0 saturated carbocycles. The highest BCUT2D eigenvalue weighted by Crippen LogP contribution is 2.29. The van der Waals surface area contributed by atoms with Gasteiger partial charge in [0, 0.05) is 16.6 Å². The number of hydrogen-bond donors (Lipinski definition) is 0. The van der Waals surface area contributed by atoms with Crippen LogP contribution in [0.5, 0.6) is 0 Å². The summed E-state index contributed by atoms with van der Waals surface area (Å²) < 4.78 is 12.5. The first-order valence-electron chi connectivity index (χ1n) is 6.99. The monoisotopic (exact) mass is 278 g/mol. The Labute approximate surface area is 120 Å². The zero-order valence-corrected chi connectivity index (χ0v) is 13.5. The fraction of sp³-hybridized carbons (Fsp3) is 0.529. The summed E-state index contributed by atoms with van der Waals surface area (Å²) in [5.74, 6) is 1.40. The van der Waals surface area contributed by atoms with Crippen LogP contribution in [0.4, 0.5) is 0 Å². The zero-order chi connectivity index (χ0) is 14.5. The van der Waals surface area contributed by atoms with Crippen LogP contribution in [0.25, 0.3) is 0 Å². The van der Waals surface area contributed by atoms with Gasteiger partial charge in [-0.1, -0.05) is 63.3 Å². The second-order valence-corrected chi connectivity index (χ2v) is 7.57. The maximum atomic E-state index is 12.7. The van der Waals surface area contributed by atoms with Crippen molar-refractivity contribution in [1.29, 1.82) is 0 Å². The molecule has 1 nitrogen and oxygen atoms in total. The van der Waals surface area contributed by atoms with E-state index < -0.39 is 10.8 Å². The number of hydrogen-bond acceptors (Lipinski definition) is 1. The molecule has 3 unspecified atom stereocenters. The van der Waals surface area contributed by atoms with Crippen LogP contribution in [0, 0.1) is 5.92 Å². The zero-order valence-electron chi connectivity index (χ0n) is 12.7. The summed E-state index contributed by atoms with van der Waals surface area (Å²) in [7, 11) is -0.871. The van der Waals surface area contributed by atoms with Gasteiger partial charge < -0.3 is 0 Å². The van der Waals surface area contributed by atoms with E-state index in [4.69, 9.17) is 0 Å². The summed E-state index contributed by atoms with van der Waals surface area (Å²) in [6.45, 7) is 10.5. The largest absolute Gasteiger partial charge is 0.259 e. The smallest absolute Gasteiger partial charge is 0.0633 e. The maximum absolute atomic E-state index is 12.7. The molecule has 0 heterocycles. The van der Waals surface area contributed by atoms with Gasteiger partial charge in [-0.15, -0.1) is 0 Å². The van der Waals surface area contributed by atoms with Crippen molar-refractivity contribution in [1.82, 2.24) is 0 Å². The van der Waals surface area contributed by atoms with E-state index >= 15 is 0 Å². The molecule has 0 fully saturated rings. The molecule has 0 bridgehead atoms.